The normalized spacial score (nSPS) is 11.5. The number of fused-ring (bicyclic) bond motifs is 1. The number of amides is 1. The van der Waals surface area contributed by atoms with Crippen molar-refractivity contribution in [1.82, 2.24) is 4.98 Å². The largest absolute Gasteiger partial charge is 0.484 e. The number of anilines is 1. The van der Waals surface area contributed by atoms with Gasteiger partial charge in [-0.3, -0.25) is 4.79 Å². The van der Waals surface area contributed by atoms with Crippen LogP contribution in [0.15, 0.2) is 65.1 Å². The Morgan fingerprint density at radius 1 is 0.969 bits per heavy atom. The van der Waals surface area contributed by atoms with E-state index in [9.17, 15) is 4.79 Å². The minimum absolute atomic E-state index is 0.0648. The third-order valence-electron chi connectivity index (χ3n) is 5.52. The molecular weight excluding hydrogens is 400 g/mol. The summed E-state index contributed by atoms with van der Waals surface area (Å²) in [6.45, 7) is 10.5. The summed E-state index contributed by atoms with van der Waals surface area (Å²) in [5.41, 5.74) is 6.59. The minimum Gasteiger partial charge on any atom is -0.484 e. The summed E-state index contributed by atoms with van der Waals surface area (Å²) in [7, 11) is 0. The first-order chi connectivity index (χ1) is 15.2. The second-order valence-electron chi connectivity index (χ2n) is 9.11. The molecular formula is C27H28N2O3. The number of carbonyl (C=O) groups is 1. The zero-order valence-electron chi connectivity index (χ0n) is 19.2. The number of aryl methyl sites for hydroxylation is 2. The molecule has 0 saturated carbocycles. The average molecular weight is 429 g/mol. The van der Waals surface area contributed by atoms with Crippen molar-refractivity contribution in [2.75, 3.05) is 11.9 Å². The standard InChI is InChI=1S/C27H28N2O3/c1-17-6-12-22(14-18(17)2)31-16-25(30)28-21-11-13-24-23(15-21)29-26(32-24)19-7-9-20(10-8-19)27(3,4)5/h6-15H,16H2,1-5H3,(H,28,30). The zero-order chi connectivity index (χ0) is 22.9. The maximum atomic E-state index is 12.3. The highest BCUT2D eigenvalue weighted by Crippen LogP contribution is 2.29. The van der Waals surface area contributed by atoms with E-state index in [0.717, 1.165) is 11.1 Å². The fourth-order valence-corrected chi connectivity index (χ4v) is 3.39. The number of nitrogens with zero attached hydrogens (tertiary/aromatic N) is 1. The first-order valence-corrected chi connectivity index (χ1v) is 10.7. The van der Waals surface area contributed by atoms with E-state index in [4.69, 9.17) is 9.15 Å². The number of ether oxygens (including phenoxy) is 1. The number of benzene rings is 3. The van der Waals surface area contributed by atoms with Gasteiger partial charge in [0.15, 0.2) is 12.2 Å². The second kappa shape index (κ2) is 8.50. The Kier molecular flexibility index (Phi) is 5.74. The SMILES string of the molecule is Cc1ccc(OCC(=O)Nc2ccc3oc(-c4ccc(C(C)(C)C)cc4)nc3c2)cc1C. The lowest BCUT2D eigenvalue weighted by molar-refractivity contribution is -0.118. The monoisotopic (exact) mass is 428 g/mol. The van der Waals surface area contributed by atoms with Gasteiger partial charge in [0.1, 0.15) is 11.3 Å². The first-order valence-electron chi connectivity index (χ1n) is 10.7. The van der Waals surface area contributed by atoms with Crippen LogP contribution in [0, 0.1) is 13.8 Å². The summed E-state index contributed by atoms with van der Waals surface area (Å²) >= 11 is 0. The van der Waals surface area contributed by atoms with E-state index < -0.39 is 0 Å². The van der Waals surface area contributed by atoms with Gasteiger partial charge < -0.3 is 14.5 Å². The predicted octanol–water partition coefficient (Wildman–Crippen LogP) is 6.43. The van der Waals surface area contributed by atoms with Gasteiger partial charge in [-0.25, -0.2) is 4.98 Å². The molecule has 0 aliphatic carbocycles. The van der Waals surface area contributed by atoms with Crippen LogP contribution in [0.2, 0.25) is 0 Å². The molecule has 0 fully saturated rings. The Hall–Kier alpha value is -3.60. The molecule has 1 amide bonds. The van der Waals surface area contributed by atoms with Crippen LogP contribution in [0.25, 0.3) is 22.6 Å². The van der Waals surface area contributed by atoms with E-state index >= 15 is 0 Å². The molecule has 5 nitrogen and oxygen atoms in total. The molecule has 1 N–H and O–H groups in total. The van der Waals surface area contributed by atoms with E-state index in [2.05, 4.69) is 43.2 Å². The Bertz CT molecular complexity index is 1260. The maximum absolute atomic E-state index is 12.3. The molecule has 1 heterocycles. The zero-order valence-corrected chi connectivity index (χ0v) is 19.2. The molecule has 4 aromatic rings. The van der Waals surface area contributed by atoms with Crippen molar-refractivity contribution in [3.05, 3.63) is 77.4 Å². The van der Waals surface area contributed by atoms with Gasteiger partial charge >= 0.3 is 0 Å². The van der Waals surface area contributed by atoms with Gasteiger partial charge in [0.25, 0.3) is 5.91 Å². The Morgan fingerprint density at radius 3 is 2.41 bits per heavy atom. The second-order valence-corrected chi connectivity index (χ2v) is 9.11. The van der Waals surface area contributed by atoms with Gasteiger partial charge in [0.2, 0.25) is 5.89 Å². The molecule has 5 heteroatoms. The van der Waals surface area contributed by atoms with E-state index in [1.807, 2.05) is 50.2 Å². The van der Waals surface area contributed by atoms with Crippen molar-refractivity contribution in [3.63, 3.8) is 0 Å². The van der Waals surface area contributed by atoms with Crippen molar-refractivity contribution in [2.24, 2.45) is 0 Å². The smallest absolute Gasteiger partial charge is 0.262 e. The quantitative estimate of drug-likeness (QED) is 0.398. The summed E-state index contributed by atoms with van der Waals surface area (Å²) in [6.07, 6.45) is 0. The highest BCUT2D eigenvalue weighted by atomic mass is 16.5. The molecule has 0 aliphatic rings. The third kappa shape index (κ3) is 4.83. The highest BCUT2D eigenvalue weighted by molar-refractivity contribution is 5.94. The van der Waals surface area contributed by atoms with E-state index in [1.54, 1.807) is 12.1 Å². The highest BCUT2D eigenvalue weighted by Gasteiger charge is 2.15. The van der Waals surface area contributed by atoms with Gasteiger partial charge in [-0.15, -0.1) is 0 Å². The molecule has 32 heavy (non-hydrogen) atoms. The molecule has 0 radical (unpaired) electrons. The molecule has 3 aromatic carbocycles. The molecule has 164 valence electrons. The van der Waals surface area contributed by atoms with Crippen molar-refractivity contribution in [2.45, 2.75) is 40.0 Å². The lowest BCUT2D eigenvalue weighted by atomic mass is 9.87. The van der Waals surface area contributed by atoms with Crippen LogP contribution in [-0.2, 0) is 10.2 Å². The molecule has 0 spiro atoms. The fourth-order valence-electron chi connectivity index (χ4n) is 3.39. The van der Waals surface area contributed by atoms with Gasteiger partial charge in [-0.2, -0.15) is 0 Å². The average Bonchev–Trinajstić information content (AvgIpc) is 3.17. The fraction of sp³-hybridized carbons (Fsp3) is 0.259. The lowest BCUT2D eigenvalue weighted by Gasteiger charge is -2.18. The van der Waals surface area contributed by atoms with Crippen molar-refractivity contribution in [1.29, 1.82) is 0 Å². The molecule has 0 unspecified atom stereocenters. The Morgan fingerprint density at radius 2 is 1.72 bits per heavy atom. The summed E-state index contributed by atoms with van der Waals surface area (Å²) in [6, 6.07) is 19.5. The van der Waals surface area contributed by atoms with Gasteiger partial charge in [0, 0.05) is 11.3 Å². The van der Waals surface area contributed by atoms with Crippen LogP contribution >= 0.6 is 0 Å². The van der Waals surface area contributed by atoms with Crippen LogP contribution in [-0.4, -0.2) is 17.5 Å². The van der Waals surface area contributed by atoms with Crippen LogP contribution in [0.5, 0.6) is 5.75 Å². The van der Waals surface area contributed by atoms with Crippen molar-refractivity contribution in [3.8, 4) is 17.2 Å². The van der Waals surface area contributed by atoms with Crippen LogP contribution in [0.1, 0.15) is 37.5 Å². The molecule has 4 rings (SSSR count). The molecule has 0 aliphatic heterocycles. The molecule has 1 aromatic heterocycles. The minimum atomic E-state index is -0.232. The van der Waals surface area contributed by atoms with Gasteiger partial charge in [-0.05, 0) is 78.4 Å². The van der Waals surface area contributed by atoms with Crippen molar-refractivity contribution < 1.29 is 13.9 Å². The van der Waals surface area contributed by atoms with Crippen LogP contribution in [0.3, 0.4) is 0 Å². The number of nitrogens with one attached hydrogen (secondary N) is 1. The summed E-state index contributed by atoms with van der Waals surface area (Å²) in [4.78, 5) is 16.9. The van der Waals surface area contributed by atoms with Gasteiger partial charge in [-0.1, -0.05) is 39.0 Å². The van der Waals surface area contributed by atoms with E-state index in [1.165, 1.54) is 11.1 Å². The number of oxazole rings is 1. The van der Waals surface area contributed by atoms with Gasteiger partial charge in [0.05, 0.1) is 0 Å². The number of hydrogen-bond acceptors (Lipinski definition) is 4. The number of carbonyl (C=O) groups excluding carboxylic acids is 1. The van der Waals surface area contributed by atoms with Crippen LogP contribution < -0.4 is 10.1 Å². The maximum Gasteiger partial charge on any atom is 0.262 e. The number of aromatic nitrogens is 1. The van der Waals surface area contributed by atoms with Crippen molar-refractivity contribution >= 4 is 22.7 Å². The Labute approximate surface area is 188 Å². The Balaban J connectivity index is 1.44. The predicted molar refractivity (Wildman–Crippen MR) is 128 cm³/mol. The third-order valence-corrected chi connectivity index (χ3v) is 5.52. The number of rotatable bonds is 5. The topological polar surface area (TPSA) is 64.4 Å². The molecule has 0 saturated heterocycles. The summed E-state index contributed by atoms with van der Waals surface area (Å²) in [5, 5.41) is 2.86. The van der Waals surface area contributed by atoms with E-state index in [0.29, 0.717) is 28.4 Å². The summed E-state index contributed by atoms with van der Waals surface area (Å²) < 4.78 is 11.5. The molecule has 0 bridgehead atoms. The van der Waals surface area contributed by atoms with Crippen LogP contribution in [0.4, 0.5) is 5.69 Å². The molecule has 0 atom stereocenters. The first kappa shape index (κ1) is 21.6. The summed E-state index contributed by atoms with van der Waals surface area (Å²) in [5.74, 6) is 1.00. The number of hydrogen-bond donors (Lipinski definition) is 1. The lowest BCUT2D eigenvalue weighted by Crippen LogP contribution is -2.20. The van der Waals surface area contributed by atoms with E-state index in [-0.39, 0.29) is 17.9 Å².